The smallest absolute Gasteiger partial charge is 0.220 e. The number of ether oxygens (including phenoxy) is 1. The summed E-state index contributed by atoms with van der Waals surface area (Å²) in [6.45, 7) is 4.10. The van der Waals surface area contributed by atoms with Crippen LogP contribution < -0.4 is 5.32 Å². The maximum atomic E-state index is 11.5. The third-order valence-corrected chi connectivity index (χ3v) is 3.30. The summed E-state index contributed by atoms with van der Waals surface area (Å²) >= 11 is 0. The van der Waals surface area contributed by atoms with Gasteiger partial charge in [0.25, 0.3) is 0 Å². The lowest BCUT2D eigenvalue weighted by atomic mass is 9.87. The van der Waals surface area contributed by atoms with Crippen molar-refractivity contribution in [3.63, 3.8) is 0 Å². The van der Waals surface area contributed by atoms with Crippen LogP contribution in [0.25, 0.3) is 0 Å². The first kappa shape index (κ1) is 14.5. The molecule has 0 aliphatic heterocycles. The third-order valence-electron chi connectivity index (χ3n) is 3.30. The lowest BCUT2D eigenvalue weighted by Crippen LogP contribution is -2.32. The van der Waals surface area contributed by atoms with E-state index in [1.807, 2.05) is 6.92 Å². The van der Waals surface area contributed by atoms with E-state index in [-0.39, 0.29) is 12.0 Å². The van der Waals surface area contributed by atoms with Gasteiger partial charge in [0.2, 0.25) is 5.91 Å². The van der Waals surface area contributed by atoms with Crippen molar-refractivity contribution in [1.29, 1.82) is 0 Å². The Morgan fingerprint density at radius 3 is 2.71 bits per heavy atom. The SMILES string of the molecule is CCOCCCC(=O)NCC1CCC(O)CC1. The van der Waals surface area contributed by atoms with Crippen molar-refractivity contribution in [3.05, 3.63) is 0 Å². The maximum Gasteiger partial charge on any atom is 0.220 e. The second-order valence-electron chi connectivity index (χ2n) is 4.78. The molecule has 0 aromatic carbocycles. The van der Waals surface area contributed by atoms with Gasteiger partial charge in [-0.15, -0.1) is 0 Å². The van der Waals surface area contributed by atoms with Crippen molar-refractivity contribution < 1.29 is 14.6 Å². The van der Waals surface area contributed by atoms with Crippen LogP contribution in [0, 0.1) is 5.92 Å². The number of hydrogen-bond donors (Lipinski definition) is 2. The van der Waals surface area contributed by atoms with Gasteiger partial charge in [-0.05, 0) is 44.9 Å². The van der Waals surface area contributed by atoms with E-state index in [2.05, 4.69) is 5.32 Å². The standard InChI is InChI=1S/C13H25NO3/c1-2-17-9-3-4-13(16)14-10-11-5-7-12(15)8-6-11/h11-12,15H,2-10H2,1H3,(H,14,16). The molecule has 0 unspecified atom stereocenters. The summed E-state index contributed by atoms with van der Waals surface area (Å²) in [6.07, 6.45) is 5.04. The van der Waals surface area contributed by atoms with Gasteiger partial charge >= 0.3 is 0 Å². The van der Waals surface area contributed by atoms with Gasteiger partial charge in [-0.1, -0.05) is 0 Å². The summed E-state index contributed by atoms with van der Waals surface area (Å²) in [5, 5.41) is 12.3. The van der Waals surface area contributed by atoms with E-state index in [0.29, 0.717) is 25.6 Å². The molecule has 1 saturated carbocycles. The minimum absolute atomic E-state index is 0.117. The molecule has 1 fully saturated rings. The fourth-order valence-electron chi connectivity index (χ4n) is 2.17. The zero-order valence-corrected chi connectivity index (χ0v) is 10.8. The first-order valence-corrected chi connectivity index (χ1v) is 6.75. The first-order valence-electron chi connectivity index (χ1n) is 6.75. The Kier molecular flexibility index (Phi) is 7.21. The van der Waals surface area contributed by atoms with Crippen LogP contribution in [0.5, 0.6) is 0 Å². The summed E-state index contributed by atoms with van der Waals surface area (Å²) in [4.78, 5) is 11.5. The molecule has 0 atom stereocenters. The molecule has 4 nitrogen and oxygen atoms in total. The number of amides is 1. The highest BCUT2D eigenvalue weighted by atomic mass is 16.5. The summed E-state index contributed by atoms with van der Waals surface area (Å²) in [7, 11) is 0. The Balaban J connectivity index is 1.99. The quantitative estimate of drug-likeness (QED) is 0.666. The predicted molar refractivity (Wildman–Crippen MR) is 66.7 cm³/mol. The average Bonchev–Trinajstić information content (AvgIpc) is 2.34. The van der Waals surface area contributed by atoms with E-state index >= 15 is 0 Å². The minimum atomic E-state index is -0.117. The Morgan fingerprint density at radius 2 is 2.06 bits per heavy atom. The molecule has 4 heteroatoms. The van der Waals surface area contributed by atoms with Gasteiger partial charge in [-0.3, -0.25) is 4.79 Å². The molecule has 1 rings (SSSR count). The molecule has 0 spiro atoms. The van der Waals surface area contributed by atoms with Gasteiger partial charge in [0, 0.05) is 26.2 Å². The van der Waals surface area contributed by atoms with E-state index < -0.39 is 0 Å². The van der Waals surface area contributed by atoms with Crippen molar-refractivity contribution in [2.45, 2.75) is 51.6 Å². The van der Waals surface area contributed by atoms with Gasteiger partial charge in [0.15, 0.2) is 0 Å². The molecular formula is C13H25NO3. The highest BCUT2D eigenvalue weighted by Gasteiger charge is 2.19. The number of carbonyl (C=O) groups excluding carboxylic acids is 1. The van der Waals surface area contributed by atoms with Crippen LogP contribution in [-0.4, -0.2) is 36.9 Å². The van der Waals surface area contributed by atoms with E-state index in [1.54, 1.807) is 0 Å². The van der Waals surface area contributed by atoms with Gasteiger partial charge in [-0.2, -0.15) is 0 Å². The first-order chi connectivity index (χ1) is 8.22. The zero-order chi connectivity index (χ0) is 12.5. The minimum Gasteiger partial charge on any atom is -0.393 e. The monoisotopic (exact) mass is 243 g/mol. The fourth-order valence-corrected chi connectivity index (χ4v) is 2.17. The third kappa shape index (κ3) is 6.64. The summed E-state index contributed by atoms with van der Waals surface area (Å²) in [5.74, 6) is 0.671. The fraction of sp³-hybridized carbons (Fsp3) is 0.923. The average molecular weight is 243 g/mol. The summed E-state index contributed by atoms with van der Waals surface area (Å²) < 4.78 is 5.18. The Hall–Kier alpha value is -0.610. The van der Waals surface area contributed by atoms with Crippen molar-refractivity contribution in [2.75, 3.05) is 19.8 Å². The van der Waals surface area contributed by atoms with Gasteiger partial charge in [-0.25, -0.2) is 0 Å². The van der Waals surface area contributed by atoms with Gasteiger partial charge in [0.05, 0.1) is 6.10 Å². The van der Waals surface area contributed by atoms with Gasteiger partial charge in [0.1, 0.15) is 0 Å². The van der Waals surface area contributed by atoms with Crippen LogP contribution in [-0.2, 0) is 9.53 Å². The van der Waals surface area contributed by atoms with E-state index in [9.17, 15) is 9.90 Å². The number of carbonyl (C=O) groups is 1. The van der Waals surface area contributed by atoms with Crippen LogP contribution in [0.4, 0.5) is 0 Å². The molecule has 17 heavy (non-hydrogen) atoms. The molecule has 0 aromatic heterocycles. The molecule has 1 aliphatic carbocycles. The number of nitrogens with one attached hydrogen (secondary N) is 1. The molecule has 1 amide bonds. The largest absolute Gasteiger partial charge is 0.393 e. The van der Waals surface area contributed by atoms with Gasteiger partial charge < -0.3 is 15.2 Å². The van der Waals surface area contributed by atoms with Crippen molar-refractivity contribution >= 4 is 5.91 Å². The maximum absolute atomic E-state index is 11.5. The normalized spacial score (nSPS) is 24.6. The second kappa shape index (κ2) is 8.48. The Bertz CT molecular complexity index is 213. The van der Waals surface area contributed by atoms with Crippen LogP contribution in [0.15, 0.2) is 0 Å². The molecule has 0 bridgehead atoms. The zero-order valence-electron chi connectivity index (χ0n) is 10.8. The summed E-state index contributed by atoms with van der Waals surface area (Å²) in [5.41, 5.74) is 0. The lowest BCUT2D eigenvalue weighted by molar-refractivity contribution is -0.121. The molecule has 2 N–H and O–H groups in total. The van der Waals surface area contributed by atoms with Crippen LogP contribution in [0.3, 0.4) is 0 Å². The van der Waals surface area contributed by atoms with Crippen LogP contribution in [0.2, 0.25) is 0 Å². The molecule has 0 saturated heterocycles. The topological polar surface area (TPSA) is 58.6 Å². The van der Waals surface area contributed by atoms with E-state index in [0.717, 1.165) is 38.6 Å². The second-order valence-corrected chi connectivity index (χ2v) is 4.78. The molecule has 1 aliphatic rings. The molecule has 0 aromatic rings. The van der Waals surface area contributed by atoms with E-state index in [1.165, 1.54) is 0 Å². The Morgan fingerprint density at radius 1 is 1.35 bits per heavy atom. The molecule has 100 valence electrons. The van der Waals surface area contributed by atoms with Crippen LogP contribution in [0.1, 0.15) is 45.4 Å². The highest BCUT2D eigenvalue weighted by Crippen LogP contribution is 2.23. The molecule has 0 heterocycles. The van der Waals surface area contributed by atoms with Crippen molar-refractivity contribution in [1.82, 2.24) is 5.32 Å². The predicted octanol–water partition coefficient (Wildman–Crippen LogP) is 1.47. The number of hydrogen-bond acceptors (Lipinski definition) is 3. The Labute approximate surface area is 104 Å². The number of aliphatic hydroxyl groups excluding tert-OH is 1. The lowest BCUT2D eigenvalue weighted by Gasteiger charge is -2.25. The van der Waals surface area contributed by atoms with E-state index in [4.69, 9.17) is 4.74 Å². The number of aliphatic hydroxyl groups is 1. The van der Waals surface area contributed by atoms with Crippen LogP contribution >= 0.6 is 0 Å². The molecule has 0 radical (unpaired) electrons. The summed E-state index contributed by atoms with van der Waals surface area (Å²) in [6, 6.07) is 0. The molecular weight excluding hydrogens is 218 g/mol. The van der Waals surface area contributed by atoms with Crippen molar-refractivity contribution in [3.8, 4) is 0 Å². The number of rotatable bonds is 7. The highest BCUT2D eigenvalue weighted by molar-refractivity contribution is 5.75. The van der Waals surface area contributed by atoms with Crippen molar-refractivity contribution in [2.24, 2.45) is 5.92 Å².